The Bertz CT molecular complexity index is 1090. The number of carbonyl (C=O) groups excluding carboxylic acids is 2. The Morgan fingerprint density at radius 1 is 1.43 bits per heavy atom. The minimum atomic E-state index is -0.494. The molecule has 3 heterocycles. The molecule has 0 saturated heterocycles. The van der Waals surface area contributed by atoms with Gasteiger partial charge in [0, 0.05) is 34.6 Å². The zero-order valence-electron chi connectivity index (χ0n) is 14.9. The Kier molecular flexibility index (Phi) is 3.53. The van der Waals surface area contributed by atoms with E-state index in [0.29, 0.717) is 30.2 Å². The standard InChI is InChI=1S/C19H15N5O4/c1-8-6-9(27-12-4-5-21-18-10(12)2-3-13(25)22-18)7-11-14-15(19(26)23-24-20)17(14)28-16(8)11/h4-7,14-15,17H,2-3H2,1H3,(H,21,22,25). The number of amides is 2. The second kappa shape index (κ2) is 5.97. The van der Waals surface area contributed by atoms with Crippen molar-refractivity contribution in [2.24, 2.45) is 11.0 Å². The van der Waals surface area contributed by atoms with Gasteiger partial charge in [0.05, 0.1) is 5.92 Å². The van der Waals surface area contributed by atoms with Gasteiger partial charge in [0.25, 0.3) is 0 Å². The molecule has 0 radical (unpaired) electrons. The molecule has 1 aromatic carbocycles. The summed E-state index contributed by atoms with van der Waals surface area (Å²) in [6.07, 6.45) is 2.27. The highest BCUT2D eigenvalue weighted by Crippen LogP contribution is 2.60. The summed E-state index contributed by atoms with van der Waals surface area (Å²) in [5, 5.41) is 5.95. The van der Waals surface area contributed by atoms with Gasteiger partial charge < -0.3 is 14.8 Å². The van der Waals surface area contributed by atoms with Crippen LogP contribution in [0.4, 0.5) is 5.82 Å². The molecule has 0 bridgehead atoms. The van der Waals surface area contributed by atoms with Gasteiger partial charge in [-0.05, 0) is 47.8 Å². The molecule has 0 spiro atoms. The number of fused-ring (bicyclic) bond motifs is 4. The first kappa shape index (κ1) is 16.6. The minimum Gasteiger partial charge on any atom is -0.488 e. The van der Waals surface area contributed by atoms with Gasteiger partial charge in [-0.15, -0.1) is 0 Å². The number of hydrogen-bond acceptors (Lipinski definition) is 5. The maximum Gasteiger partial charge on any atom is 0.226 e. The fourth-order valence-corrected chi connectivity index (χ4v) is 4.06. The zero-order chi connectivity index (χ0) is 19.4. The molecule has 28 heavy (non-hydrogen) atoms. The quantitative estimate of drug-likeness (QED) is 0.498. The van der Waals surface area contributed by atoms with E-state index in [-0.39, 0.29) is 17.9 Å². The lowest BCUT2D eigenvalue weighted by Gasteiger charge is -2.19. The second-order valence-electron chi connectivity index (χ2n) is 7.11. The van der Waals surface area contributed by atoms with Crippen molar-refractivity contribution < 1.29 is 19.1 Å². The summed E-state index contributed by atoms with van der Waals surface area (Å²) in [5.74, 6) is 1.45. The van der Waals surface area contributed by atoms with E-state index in [1.807, 2.05) is 19.1 Å². The highest BCUT2D eigenvalue weighted by molar-refractivity contribution is 5.93. The fraction of sp³-hybridized carbons (Fsp3) is 0.316. The fourth-order valence-electron chi connectivity index (χ4n) is 4.06. The van der Waals surface area contributed by atoms with Crippen molar-refractivity contribution in [3.05, 3.63) is 51.5 Å². The number of hydrogen-bond donors (Lipinski definition) is 1. The van der Waals surface area contributed by atoms with E-state index < -0.39 is 11.8 Å². The number of rotatable bonds is 3. The first-order chi connectivity index (χ1) is 13.6. The smallest absolute Gasteiger partial charge is 0.226 e. The number of benzene rings is 1. The van der Waals surface area contributed by atoms with E-state index in [0.717, 1.165) is 22.4 Å². The van der Waals surface area contributed by atoms with Crippen LogP contribution < -0.4 is 14.8 Å². The van der Waals surface area contributed by atoms with Crippen molar-refractivity contribution in [3.8, 4) is 17.2 Å². The molecule has 2 aliphatic heterocycles. The Balaban J connectivity index is 1.46. The molecule has 9 nitrogen and oxygen atoms in total. The summed E-state index contributed by atoms with van der Waals surface area (Å²) in [6.45, 7) is 1.92. The lowest BCUT2D eigenvalue weighted by Crippen LogP contribution is -2.20. The van der Waals surface area contributed by atoms with E-state index in [4.69, 9.17) is 15.0 Å². The number of pyridine rings is 1. The van der Waals surface area contributed by atoms with Crippen LogP contribution in [0, 0.1) is 12.8 Å². The monoisotopic (exact) mass is 377 g/mol. The van der Waals surface area contributed by atoms with E-state index in [2.05, 4.69) is 20.3 Å². The summed E-state index contributed by atoms with van der Waals surface area (Å²) >= 11 is 0. The number of aryl methyl sites for hydroxylation is 1. The third kappa shape index (κ3) is 2.48. The van der Waals surface area contributed by atoms with E-state index in [1.54, 1.807) is 12.3 Å². The Morgan fingerprint density at radius 3 is 3.11 bits per heavy atom. The molecular weight excluding hydrogens is 362 g/mol. The lowest BCUT2D eigenvalue weighted by molar-refractivity contribution is -0.120. The molecule has 2 aromatic rings. The van der Waals surface area contributed by atoms with E-state index in [1.165, 1.54) is 0 Å². The molecule has 9 heteroatoms. The number of nitrogens with zero attached hydrogens (tertiary/aromatic N) is 4. The Morgan fingerprint density at radius 2 is 2.29 bits per heavy atom. The van der Waals surface area contributed by atoms with Crippen LogP contribution in [0.5, 0.6) is 17.2 Å². The molecule has 3 unspecified atom stereocenters. The predicted molar refractivity (Wildman–Crippen MR) is 97.2 cm³/mol. The van der Waals surface area contributed by atoms with E-state index in [9.17, 15) is 9.59 Å². The lowest BCUT2D eigenvalue weighted by atomic mass is 10.0. The van der Waals surface area contributed by atoms with Crippen LogP contribution in [0.15, 0.2) is 29.5 Å². The second-order valence-corrected chi connectivity index (χ2v) is 7.11. The number of anilines is 1. The van der Waals surface area contributed by atoms with Gasteiger partial charge >= 0.3 is 0 Å². The number of ether oxygens (including phenoxy) is 2. The van der Waals surface area contributed by atoms with Crippen LogP contribution in [0.25, 0.3) is 10.4 Å². The molecule has 1 aliphatic carbocycles. The third-order valence-electron chi connectivity index (χ3n) is 5.37. The number of azide groups is 1. The maximum atomic E-state index is 11.9. The highest BCUT2D eigenvalue weighted by atomic mass is 16.5. The molecule has 1 saturated carbocycles. The summed E-state index contributed by atoms with van der Waals surface area (Å²) in [4.78, 5) is 30.3. The minimum absolute atomic E-state index is 0.0572. The van der Waals surface area contributed by atoms with E-state index >= 15 is 0 Å². The van der Waals surface area contributed by atoms with Crippen molar-refractivity contribution in [3.63, 3.8) is 0 Å². The van der Waals surface area contributed by atoms with Crippen molar-refractivity contribution in [1.29, 1.82) is 0 Å². The Labute approximate surface area is 159 Å². The average Bonchev–Trinajstić information content (AvgIpc) is 3.26. The normalized spacial score (nSPS) is 23.3. The summed E-state index contributed by atoms with van der Waals surface area (Å²) in [7, 11) is 0. The first-order valence-corrected chi connectivity index (χ1v) is 8.92. The molecule has 1 N–H and O–H groups in total. The largest absolute Gasteiger partial charge is 0.488 e. The molecule has 140 valence electrons. The molecule has 5 rings (SSSR count). The SMILES string of the molecule is Cc1cc(Oc2ccnc3c2CCC(=O)N3)cc2c1OC1C(C(=O)N=[N+]=[N-])C21. The number of aromatic nitrogens is 1. The number of nitrogens with one attached hydrogen (secondary N) is 1. The van der Waals surface area contributed by atoms with Gasteiger partial charge in [-0.3, -0.25) is 9.59 Å². The van der Waals surface area contributed by atoms with Crippen molar-refractivity contribution in [2.75, 3.05) is 5.32 Å². The number of carbonyl (C=O) groups is 2. The molecule has 3 aliphatic rings. The van der Waals surface area contributed by atoms with Crippen LogP contribution in [-0.4, -0.2) is 22.9 Å². The molecule has 1 aromatic heterocycles. The zero-order valence-corrected chi connectivity index (χ0v) is 14.9. The third-order valence-corrected chi connectivity index (χ3v) is 5.37. The van der Waals surface area contributed by atoms with Gasteiger partial charge in [0.1, 0.15) is 29.2 Å². The molecule has 2 amide bonds. The average molecular weight is 377 g/mol. The van der Waals surface area contributed by atoms with Crippen molar-refractivity contribution in [2.45, 2.75) is 31.8 Å². The van der Waals surface area contributed by atoms with Crippen LogP contribution in [0.3, 0.4) is 0 Å². The van der Waals surface area contributed by atoms with Crippen LogP contribution >= 0.6 is 0 Å². The molecular formula is C19H15N5O4. The molecule has 3 atom stereocenters. The van der Waals surface area contributed by atoms with Gasteiger partial charge in [0.2, 0.25) is 11.8 Å². The van der Waals surface area contributed by atoms with Crippen LogP contribution in [-0.2, 0) is 16.0 Å². The maximum absolute atomic E-state index is 11.9. The summed E-state index contributed by atoms with van der Waals surface area (Å²) in [6, 6.07) is 5.51. The summed E-state index contributed by atoms with van der Waals surface area (Å²) < 4.78 is 12.0. The van der Waals surface area contributed by atoms with Crippen molar-refractivity contribution >= 4 is 17.6 Å². The van der Waals surface area contributed by atoms with Gasteiger partial charge in [-0.25, -0.2) is 4.98 Å². The van der Waals surface area contributed by atoms with Gasteiger partial charge in [0.15, 0.2) is 0 Å². The van der Waals surface area contributed by atoms with Crippen LogP contribution in [0.1, 0.15) is 29.0 Å². The topological polar surface area (TPSA) is 126 Å². The summed E-state index contributed by atoms with van der Waals surface area (Å²) in [5.41, 5.74) is 11.1. The first-order valence-electron chi connectivity index (χ1n) is 8.92. The predicted octanol–water partition coefficient (Wildman–Crippen LogP) is 3.38. The highest BCUT2D eigenvalue weighted by Gasteiger charge is 2.62. The molecule has 1 fully saturated rings. The van der Waals surface area contributed by atoms with Crippen LogP contribution in [0.2, 0.25) is 0 Å². The van der Waals surface area contributed by atoms with Crippen molar-refractivity contribution in [1.82, 2.24) is 4.98 Å². The Hall–Kier alpha value is -3.58. The van der Waals surface area contributed by atoms with Gasteiger partial charge in [-0.1, -0.05) is 0 Å². The van der Waals surface area contributed by atoms with Gasteiger partial charge in [-0.2, -0.15) is 0 Å².